The molecule has 0 radical (unpaired) electrons. The first-order chi connectivity index (χ1) is 14.1. The highest BCUT2D eigenvalue weighted by molar-refractivity contribution is 5.93. The van der Waals surface area contributed by atoms with Crippen molar-refractivity contribution >= 4 is 29.6 Å². The molecule has 0 unspecified atom stereocenters. The highest BCUT2D eigenvalue weighted by Gasteiger charge is 2.30. The van der Waals surface area contributed by atoms with Gasteiger partial charge in [0.2, 0.25) is 23.6 Å². The Morgan fingerprint density at radius 1 is 1.10 bits per heavy atom. The van der Waals surface area contributed by atoms with Crippen molar-refractivity contribution in [3.8, 4) is 0 Å². The van der Waals surface area contributed by atoms with Gasteiger partial charge in [0, 0.05) is 18.3 Å². The molecule has 0 aliphatic rings. The van der Waals surface area contributed by atoms with Crippen molar-refractivity contribution in [2.75, 3.05) is 19.6 Å². The number of hydrogen-bond donors (Lipinski definition) is 8. The van der Waals surface area contributed by atoms with Crippen molar-refractivity contribution in [1.29, 1.82) is 0 Å². The normalized spacial score (nSPS) is 13.4. The van der Waals surface area contributed by atoms with Gasteiger partial charge in [0.1, 0.15) is 12.1 Å². The largest absolute Gasteiger partial charge is 0.480 e. The summed E-state index contributed by atoms with van der Waals surface area (Å²) in [5.74, 6) is -4.28. The predicted molar refractivity (Wildman–Crippen MR) is 101 cm³/mol. The highest BCUT2D eigenvalue weighted by atomic mass is 16.4. The van der Waals surface area contributed by atoms with Crippen molar-refractivity contribution in [3.05, 3.63) is 18.2 Å². The van der Waals surface area contributed by atoms with Crippen molar-refractivity contribution in [3.63, 3.8) is 0 Å². The number of aliphatic hydroxyl groups is 1. The minimum Gasteiger partial charge on any atom is -0.480 e. The van der Waals surface area contributed by atoms with Gasteiger partial charge in [0.15, 0.2) is 0 Å². The Morgan fingerprint density at radius 2 is 1.73 bits per heavy atom. The smallest absolute Gasteiger partial charge is 0.326 e. The number of nitrogens with one attached hydrogen (secondary N) is 5. The fourth-order valence-electron chi connectivity index (χ4n) is 2.20. The number of hydrogen-bond acceptors (Lipinski definition) is 8. The lowest BCUT2D eigenvalue weighted by Crippen LogP contribution is -2.57. The predicted octanol–water partition coefficient (Wildman–Crippen LogP) is -4.42. The number of H-pyrrole nitrogens is 1. The monoisotopic (exact) mass is 427 g/mol. The Labute approximate surface area is 171 Å². The van der Waals surface area contributed by atoms with Crippen LogP contribution in [0.2, 0.25) is 0 Å². The van der Waals surface area contributed by atoms with Crippen molar-refractivity contribution in [1.82, 2.24) is 31.2 Å². The second-order valence-corrected chi connectivity index (χ2v) is 6.22. The molecule has 0 saturated heterocycles. The summed E-state index contributed by atoms with van der Waals surface area (Å²) in [7, 11) is 0. The summed E-state index contributed by atoms with van der Waals surface area (Å²) in [5.41, 5.74) is 5.53. The molecule has 14 nitrogen and oxygen atoms in total. The van der Waals surface area contributed by atoms with Gasteiger partial charge in [0.05, 0.1) is 32.1 Å². The van der Waals surface area contributed by atoms with E-state index in [-0.39, 0.29) is 13.0 Å². The lowest BCUT2D eigenvalue weighted by atomic mass is 10.1. The van der Waals surface area contributed by atoms with Gasteiger partial charge in [0.25, 0.3) is 0 Å². The molecule has 166 valence electrons. The number of aromatic amines is 1. The Bertz CT molecular complexity index is 751. The number of aliphatic carboxylic acids is 1. The number of carbonyl (C=O) groups is 5. The lowest BCUT2D eigenvalue weighted by molar-refractivity contribution is -0.142. The van der Waals surface area contributed by atoms with Gasteiger partial charge >= 0.3 is 5.97 Å². The average Bonchev–Trinajstić information content (AvgIpc) is 3.20. The summed E-state index contributed by atoms with van der Waals surface area (Å²) in [4.78, 5) is 64.8. The van der Waals surface area contributed by atoms with Crippen LogP contribution < -0.4 is 27.0 Å². The first-order valence-electron chi connectivity index (χ1n) is 8.85. The molecular weight excluding hydrogens is 402 g/mol. The Kier molecular flexibility index (Phi) is 9.91. The Balaban J connectivity index is 2.59. The molecule has 0 bridgehead atoms. The number of aromatic nitrogens is 2. The number of carbonyl (C=O) groups excluding carboxylic acids is 4. The molecule has 9 N–H and O–H groups in total. The molecule has 1 aromatic rings. The molecule has 30 heavy (non-hydrogen) atoms. The quantitative estimate of drug-likeness (QED) is 0.161. The zero-order valence-electron chi connectivity index (χ0n) is 16.2. The van der Waals surface area contributed by atoms with Crippen LogP contribution >= 0.6 is 0 Å². The molecule has 1 heterocycles. The highest BCUT2D eigenvalue weighted by Crippen LogP contribution is 2.01. The van der Waals surface area contributed by atoms with E-state index >= 15 is 0 Å². The van der Waals surface area contributed by atoms with E-state index in [0.717, 1.165) is 0 Å². The van der Waals surface area contributed by atoms with Crippen molar-refractivity contribution in [2.24, 2.45) is 5.73 Å². The van der Waals surface area contributed by atoms with Crippen LogP contribution in [0, 0.1) is 0 Å². The van der Waals surface area contributed by atoms with E-state index < -0.39 is 60.9 Å². The number of imidazole rings is 1. The van der Waals surface area contributed by atoms with Crippen LogP contribution in [0.5, 0.6) is 0 Å². The maximum Gasteiger partial charge on any atom is 0.326 e. The second-order valence-electron chi connectivity index (χ2n) is 6.22. The van der Waals surface area contributed by atoms with Crippen LogP contribution in [0.1, 0.15) is 12.6 Å². The van der Waals surface area contributed by atoms with Crippen LogP contribution in [-0.2, 0) is 30.4 Å². The third-order valence-electron chi connectivity index (χ3n) is 3.75. The Hall–Kier alpha value is -3.52. The van der Waals surface area contributed by atoms with Crippen LogP contribution in [-0.4, -0.2) is 87.6 Å². The van der Waals surface area contributed by atoms with E-state index in [1.807, 2.05) is 0 Å². The van der Waals surface area contributed by atoms with E-state index in [0.29, 0.717) is 5.69 Å². The molecule has 0 spiro atoms. The maximum atomic E-state index is 12.4. The van der Waals surface area contributed by atoms with Crippen molar-refractivity contribution in [2.45, 2.75) is 31.5 Å². The van der Waals surface area contributed by atoms with Crippen LogP contribution in [0.4, 0.5) is 0 Å². The van der Waals surface area contributed by atoms with Crippen LogP contribution in [0.15, 0.2) is 12.5 Å². The molecule has 0 aliphatic heterocycles. The SMILES string of the molecule is C[C@@H](O)[C@H](NC(=O)CNC(=O)CNC(=O)CN)C(=O)N[C@@H](Cc1cnc[nH]1)C(=O)O. The maximum absolute atomic E-state index is 12.4. The van der Waals surface area contributed by atoms with Gasteiger partial charge in [-0.3, -0.25) is 19.2 Å². The van der Waals surface area contributed by atoms with E-state index in [1.54, 1.807) is 0 Å². The molecule has 0 aromatic carbocycles. The number of carboxylic acid groups (broad SMARTS) is 1. The number of nitrogens with two attached hydrogens (primary N) is 1. The molecule has 1 rings (SSSR count). The summed E-state index contributed by atoms with van der Waals surface area (Å²) >= 11 is 0. The van der Waals surface area contributed by atoms with Crippen molar-refractivity contribution < 1.29 is 34.2 Å². The third kappa shape index (κ3) is 8.66. The molecule has 0 saturated carbocycles. The summed E-state index contributed by atoms with van der Waals surface area (Å²) in [6.07, 6.45) is 1.31. The minimum absolute atomic E-state index is 0.0911. The fraction of sp³-hybridized carbons (Fsp3) is 0.500. The number of carboxylic acids is 1. The second kappa shape index (κ2) is 12.1. The molecule has 0 fully saturated rings. The van der Waals surface area contributed by atoms with Gasteiger partial charge in [-0.25, -0.2) is 9.78 Å². The van der Waals surface area contributed by atoms with Gasteiger partial charge in [-0.05, 0) is 6.92 Å². The van der Waals surface area contributed by atoms with Crippen LogP contribution in [0.25, 0.3) is 0 Å². The average molecular weight is 427 g/mol. The minimum atomic E-state index is -1.46. The number of nitrogens with zero attached hydrogens (tertiary/aromatic N) is 1. The fourth-order valence-corrected chi connectivity index (χ4v) is 2.20. The molecule has 3 atom stereocenters. The molecule has 0 aliphatic carbocycles. The van der Waals surface area contributed by atoms with Gasteiger partial charge in [-0.15, -0.1) is 0 Å². The van der Waals surface area contributed by atoms with Crippen LogP contribution in [0.3, 0.4) is 0 Å². The molecule has 1 aromatic heterocycles. The topological polar surface area (TPSA) is 229 Å². The number of rotatable bonds is 12. The molecule has 4 amide bonds. The number of aliphatic hydroxyl groups excluding tert-OH is 1. The van der Waals surface area contributed by atoms with E-state index in [2.05, 4.69) is 31.2 Å². The molecular formula is C16H25N7O7. The van der Waals surface area contributed by atoms with E-state index in [4.69, 9.17) is 5.73 Å². The van der Waals surface area contributed by atoms with Gasteiger partial charge < -0.3 is 42.2 Å². The standard InChI is InChI=1S/C16H25N7O7/c1-8(24)14(23-13(27)6-20-12(26)5-19-11(25)3-17)15(28)22-10(16(29)30)2-9-4-18-7-21-9/h4,7-8,10,14,24H,2-3,5-6,17H2,1H3,(H,18,21)(H,19,25)(H,20,26)(H,22,28)(H,23,27)(H,29,30)/t8-,10+,14+/m1/s1. The van der Waals surface area contributed by atoms with Gasteiger partial charge in [-0.2, -0.15) is 0 Å². The zero-order valence-corrected chi connectivity index (χ0v) is 16.2. The molecule has 14 heteroatoms. The first kappa shape index (κ1) is 24.5. The zero-order chi connectivity index (χ0) is 22.7. The lowest BCUT2D eigenvalue weighted by Gasteiger charge is -2.23. The van der Waals surface area contributed by atoms with E-state index in [1.165, 1.54) is 19.4 Å². The summed E-state index contributed by atoms with van der Waals surface area (Å²) in [6, 6.07) is -2.79. The van der Waals surface area contributed by atoms with E-state index in [9.17, 15) is 34.2 Å². The van der Waals surface area contributed by atoms with Gasteiger partial charge in [-0.1, -0.05) is 0 Å². The summed E-state index contributed by atoms with van der Waals surface area (Å²) in [6.45, 7) is 0.00857. The number of amides is 4. The summed E-state index contributed by atoms with van der Waals surface area (Å²) in [5, 5.41) is 28.0. The third-order valence-corrected chi connectivity index (χ3v) is 3.75. The summed E-state index contributed by atoms with van der Waals surface area (Å²) < 4.78 is 0. The Morgan fingerprint density at radius 3 is 2.27 bits per heavy atom. The first-order valence-corrected chi connectivity index (χ1v) is 8.85.